The van der Waals surface area contributed by atoms with Gasteiger partial charge in [0, 0.05) is 15.0 Å². The van der Waals surface area contributed by atoms with Gasteiger partial charge >= 0.3 is 0 Å². The summed E-state index contributed by atoms with van der Waals surface area (Å²) in [5.74, 6) is -0.715. The zero-order valence-corrected chi connectivity index (χ0v) is 17.0. The molecule has 2 N–H and O–H groups in total. The van der Waals surface area contributed by atoms with E-state index in [9.17, 15) is 18.3 Å². The van der Waals surface area contributed by atoms with Gasteiger partial charge in [-0.05, 0) is 64.9 Å². The minimum atomic E-state index is -3.93. The minimum absolute atomic E-state index is 0.0437. The Labute approximate surface area is 169 Å². The largest absolute Gasteiger partial charge is 0.388 e. The summed E-state index contributed by atoms with van der Waals surface area (Å²) in [6.45, 7) is 0. The zero-order valence-electron chi connectivity index (χ0n) is 13.3. The molecule has 0 fully saturated rings. The Bertz CT molecular complexity index is 990. The molecule has 0 bridgehead atoms. The summed E-state index contributed by atoms with van der Waals surface area (Å²) >= 11 is 7.81. The summed E-state index contributed by atoms with van der Waals surface area (Å²) in [7, 11) is -3.93. The lowest BCUT2D eigenvalue weighted by molar-refractivity contribution is -0.113. The molecule has 0 saturated heterocycles. The molecule has 6 nitrogen and oxygen atoms in total. The van der Waals surface area contributed by atoms with Gasteiger partial charge in [0.05, 0.1) is 11.8 Å². The number of amidine groups is 1. The molecule has 0 spiro atoms. The average Bonchev–Trinajstić information content (AvgIpc) is 2.60. The summed E-state index contributed by atoms with van der Waals surface area (Å²) in [4.78, 5) is 12.4. The number of benzene rings is 2. The van der Waals surface area contributed by atoms with Gasteiger partial charge in [-0.15, -0.1) is 4.40 Å². The summed E-state index contributed by atoms with van der Waals surface area (Å²) in [5.41, 5.74) is 0.954. The van der Waals surface area contributed by atoms with Crippen LogP contribution in [0.25, 0.3) is 0 Å². The number of hydrogen-bond donors (Lipinski definition) is 2. The third-order valence-corrected chi connectivity index (χ3v) is 6.09. The smallest absolute Gasteiger partial charge is 0.286 e. The number of rotatable bonds is 5. The highest BCUT2D eigenvalue weighted by atomic mass is 127. The topological polar surface area (TPSA) is 95.8 Å². The van der Waals surface area contributed by atoms with Gasteiger partial charge in [0.1, 0.15) is 4.90 Å². The van der Waals surface area contributed by atoms with E-state index < -0.39 is 21.9 Å². The molecule has 0 saturated carbocycles. The van der Waals surface area contributed by atoms with Crippen LogP contribution in [-0.4, -0.2) is 25.1 Å². The first kappa shape index (κ1) is 19.3. The van der Waals surface area contributed by atoms with Gasteiger partial charge in [-0.2, -0.15) is 8.42 Å². The van der Waals surface area contributed by atoms with Gasteiger partial charge in [0.25, 0.3) is 10.0 Å². The molecule has 1 aliphatic rings. The number of sulfonamides is 1. The lowest BCUT2D eigenvalue weighted by Gasteiger charge is -2.18. The number of hydrogen-bond acceptors (Lipinski definition) is 5. The van der Waals surface area contributed by atoms with Crippen LogP contribution < -0.4 is 5.32 Å². The minimum Gasteiger partial charge on any atom is -0.388 e. The predicted octanol–water partition coefficient (Wildman–Crippen LogP) is 3.54. The SMILES string of the molecule is O=C(CCC(O)c1ccc(Cl)cc1)C1=NS(=O)(=O)c2cc(I)ccc2N1. The number of Topliss-reactive ketones (excluding diaryl/α,β-unsaturated/α-hetero) is 1. The fraction of sp³-hybridized carbons (Fsp3) is 0.176. The van der Waals surface area contributed by atoms with Crippen molar-refractivity contribution in [3.63, 3.8) is 0 Å². The van der Waals surface area contributed by atoms with Gasteiger partial charge < -0.3 is 10.4 Å². The van der Waals surface area contributed by atoms with Crippen LogP contribution in [-0.2, 0) is 14.8 Å². The first-order chi connectivity index (χ1) is 12.3. The second kappa shape index (κ2) is 7.63. The van der Waals surface area contributed by atoms with Crippen LogP contribution in [0.15, 0.2) is 51.8 Å². The predicted molar refractivity (Wildman–Crippen MR) is 108 cm³/mol. The number of carbonyl (C=O) groups excluding carboxylic acids is 1. The maximum Gasteiger partial charge on any atom is 0.286 e. The fourth-order valence-corrected chi connectivity index (χ4v) is 4.48. The average molecular weight is 505 g/mol. The molecule has 1 atom stereocenters. The second-order valence-corrected chi connectivity index (χ2v) is 8.96. The van der Waals surface area contributed by atoms with Crippen molar-refractivity contribution >= 4 is 61.5 Å². The molecule has 136 valence electrons. The van der Waals surface area contributed by atoms with Crippen molar-refractivity contribution in [2.45, 2.75) is 23.8 Å². The van der Waals surface area contributed by atoms with E-state index in [2.05, 4.69) is 9.71 Å². The Kier molecular flexibility index (Phi) is 5.66. The molecule has 2 aromatic carbocycles. The van der Waals surface area contributed by atoms with Crippen molar-refractivity contribution in [1.29, 1.82) is 0 Å². The van der Waals surface area contributed by atoms with E-state index in [1.54, 1.807) is 36.4 Å². The molecule has 0 aromatic heterocycles. The van der Waals surface area contributed by atoms with Gasteiger partial charge in [0.2, 0.25) is 0 Å². The molecule has 1 heterocycles. The summed E-state index contributed by atoms with van der Waals surface area (Å²) < 4.78 is 28.9. The molecular formula is C17H14ClIN2O4S. The second-order valence-electron chi connectivity index (χ2n) is 5.71. The van der Waals surface area contributed by atoms with Crippen molar-refractivity contribution in [3.8, 4) is 0 Å². The third-order valence-electron chi connectivity index (χ3n) is 3.85. The molecule has 2 aromatic rings. The Morgan fingerprint density at radius 1 is 1.23 bits per heavy atom. The van der Waals surface area contributed by atoms with Crippen molar-refractivity contribution in [2.75, 3.05) is 5.32 Å². The van der Waals surface area contributed by atoms with E-state index in [1.807, 2.05) is 22.6 Å². The quantitative estimate of drug-likeness (QED) is 0.607. The number of ketones is 1. The van der Waals surface area contributed by atoms with Crippen LogP contribution in [0, 0.1) is 3.57 Å². The molecular weight excluding hydrogens is 491 g/mol. The van der Waals surface area contributed by atoms with Gasteiger partial charge in [0.15, 0.2) is 11.6 Å². The summed E-state index contributed by atoms with van der Waals surface area (Å²) in [6, 6.07) is 11.5. The van der Waals surface area contributed by atoms with E-state index in [-0.39, 0.29) is 23.6 Å². The van der Waals surface area contributed by atoms with E-state index in [0.29, 0.717) is 16.3 Å². The number of nitrogens with zero attached hydrogens (tertiary/aromatic N) is 1. The number of aliphatic hydroxyl groups is 1. The highest BCUT2D eigenvalue weighted by Gasteiger charge is 2.28. The molecule has 1 unspecified atom stereocenters. The lowest BCUT2D eigenvalue weighted by atomic mass is 10.0. The van der Waals surface area contributed by atoms with Crippen molar-refractivity contribution in [1.82, 2.24) is 0 Å². The van der Waals surface area contributed by atoms with Crippen LogP contribution in [0.4, 0.5) is 5.69 Å². The Hall–Kier alpha value is -1.49. The number of nitrogens with one attached hydrogen (secondary N) is 1. The van der Waals surface area contributed by atoms with Crippen molar-refractivity contribution < 1.29 is 18.3 Å². The number of aliphatic hydroxyl groups excluding tert-OH is 1. The zero-order chi connectivity index (χ0) is 18.9. The molecule has 1 aliphatic heterocycles. The molecule has 0 amide bonds. The maximum absolute atomic E-state index is 12.4. The number of carbonyl (C=O) groups is 1. The summed E-state index contributed by atoms with van der Waals surface area (Å²) in [6.07, 6.45) is -0.767. The van der Waals surface area contributed by atoms with E-state index in [1.165, 1.54) is 6.07 Å². The molecule has 9 heteroatoms. The van der Waals surface area contributed by atoms with Crippen LogP contribution in [0.1, 0.15) is 24.5 Å². The van der Waals surface area contributed by atoms with E-state index >= 15 is 0 Å². The Morgan fingerprint density at radius 2 is 1.92 bits per heavy atom. The first-order valence-corrected chi connectivity index (χ1v) is 10.5. The van der Waals surface area contributed by atoms with Gasteiger partial charge in [-0.1, -0.05) is 23.7 Å². The highest BCUT2D eigenvalue weighted by Crippen LogP contribution is 2.29. The molecule has 0 aliphatic carbocycles. The van der Waals surface area contributed by atoms with Crippen LogP contribution in [0.3, 0.4) is 0 Å². The fourth-order valence-electron chi connectivity index (χ4n) is 2.49. The van der Waals surface area contributed by atoms with E-state index in [4.69, 9.17) is 11.6 Å². The monoisotopic (exact) mass is 504 g/mol. The number of fused-ring (bicyclic) bond motifs is 1. The number of halogens is 2. The van der Waals surface area contributed by atoms with Crippen LogP contribution in [0.2, 0.25) is 5.02 Å². The molecule has 3 rings (SSSR count). The van der Waals surface area contributed by atoms with Crippen molar-refractivity contribution in [3.05, 3.63) is 56.6 Å². The number of anilines is 1. The van der Waals surface area contributed by atoms with E-state index in [0.717, 1.165) is 3.57 Å². The van der Waals surface area contributed by atoms with Gasteiger partial charge in [-0.25, -0.2) is 0 Å². The lowest BCUT2D eigenvalue weighted by Crippen LogP contribution is -2.29. The first-order valence-electron chi connectivity index (χ1n) is 7.64. The maximum atomic E-state index is 12.4. The molecule has 26 heavy (non-hydrogen) atoms. The van der Waals surface area contributed by atoms with Gasteiger partial charge in [-0.3, -0.25) is 4.79 Å². The summed E-state index contributed by atoms with van der Waals surface area (Å²) in [5, 5.41) is 13.5. The standard InChI is InChI=1S/C17H14ClIN2O4S/c18-11-3-1-10(2-4-11)14(22)7-8-15(23)17-20-13-6-5-12(19)9-16(13)26(24,25)21-17/h1-6,9,14,22H,7-8H2,(H,20,21). The third kappa shape index (κ3) is 4.25. The Morgan fingerprint density at radius 3 is 2.62 bits per heavy atom. The van der Waals surface area contributed by atoms with Crippen molar-refractivity contribution in [2.24, 2.45) is 4.40 Å². The molecule has 0 radical (unpaired) electrons. The Balaban J connectivity index is 1.72. The normalized spacial score (nSPS) is 16.2. The van der Waals surface area contributed by atoms with Crippen LogP contribution >= 0.6 is 34.2 Å². The highest BCUT2D eigenvalue weighted by molar-refractivity contribution is 14.1. The van der Waals surface area contributed by atoms with Crippen LogP contribution in [0.5, 0.6) is 0 Å².